The van der Waals surface area contributed by atoms with E-state index < -0.39 is 5.97 Å². The molecule has 9 nitrogen and oxygen atoms in total. The second-order valence-electron chi connectivity index (χ2n) is 6.66. The number of hydrogen-bond donors (Lipinski definition) is 3. The fourth-order valence-corrected chi connectivity index (χ4v) is 3.33. The van der Waals surface area contributed by atoms with Crippen LogP contribution in [0.3, 0.4) is 0 Å². The fourth-order valence-electron chi connectivity index (χ4n) is 3.33. The normalized spacial score (nSPS) is 15.6. The van der Waals surface area contributed by atoms with Gasteiger partial charge in [-0.3, -0.25) is 4.79 Å². The number of carbonyl (C=O) groups excluding carboxylic acids is 1. The third-order valence-electron chi connectivity index (χ3n) is 4.72. The van der Waals surface area contributed by atoms with Gasteiger partial charge in [0.25, 0.3) is 5.91 Å². The van der Waals surface area contributed by atoms with Crippen LogP contribution in [0.4, 0.5) is 5.82 Å². The second kappa shape index (κ2) is 6.76. The van der Waals surface area contributed by atoms with E-state index in [0.29, 0.717) is 29.3 Å². The Morgan fingerprint density at radius 1 is 1.32 bits per heavy atom. The van der Waals surface area contributed by atoms with Crippen molar-refractivity contribution in [2.45, 2.75) is 19.3 Å². The van der Waals surface area contributed by atoms with E-state index >= 15 is 0 Å². The lowest BCUT2D eigenvalue weighted by atomic mass is 9.95. The Bertz CT molecular complexity index is 1110. The van der Waals surface area contributed by atoms with Crippen LogP contribution in [0, 0.1) is 0 Å². The molecule has 28 heavy (non-hydrogen) atoms. The number of carbonyl (C=O) groups is 2. The first-order valence-corrected chi connectivity index (χ1v) is 8.72. The maximum atomic E-state index is 12.4. The van der Waals surface area contributed by atoms with E-state index in [9.17, 15) is 14.7 Å². The van der Waals surface area contributed by atoms with Gasteiger partial charge in [-0.05, 0) is 18.1 Å². The maximum absolute atomic E-state index is 12.4. The molecule has 0 saturated heterocycles. The third-order valence-corrected chi connectivity index (χ3v) is 4.72. The van der Waals surface area contributed by atoms with Gasteiger partial charge in [-0.1, -0.05) is 25.1 Å². The van der Waals surface area contributed by atoms with Crippen LogP contribution >= 0.6 is 0 Å². The molecule has 3 N–H and O–H groups in total. The molecule has 0 spiro atoms. The molecule has 2 aromatic heterocycles. The molecule has 1 aliphatic heterocycles. The largest absolute Gasteiger partial charge is 0.478 e. The molecule has 1 aromatic carbocycles. The molecule has 0 fully saturated rings. The van der Waals surface area contributed by atoms with E-state index in [1.165, 1.54) is 11.0 Å². The Kier molecular flexibility index (Phi) is 4.26. The van der Waals surface area contributed by atoms with E-state index in [4.69, 9.17) is 0 Å². The zero-order valence-electron chi connectivity index (χ0n) is 15.3. The standard InChI is InChI=1S/C19H18N6O3/c1-10-7-15(24-18(26)17-20-9-21-25(17)2)23-16-13(10)8-14(22-16)11-5-3-4-6-12(11)19(27)28/h3-6,8-10,22H,7H2,1-2H3,(H,27,28)(H,23,24,26). The first-order valence-electron chi connectivity index (χ1n) is 8.72. The van der Waals surface area contributed by atoms with Crippen LogP contribution in [-0.2, 0) is 7.05 Å². The van der Waals surface area contributed by atoms with Crippen molar-refractivity contribution in [1.82, 2.24) is 25.1 Å². The van der Waals surface area contributed by atoms with E-state index in [1.807, 2.05) is 13.0 Å². The number of aromatic carboxylic acids is 1. The molecule has 0 radical (unpaired) electrons. The first kappa shape index (κ1) is 17.7. The van der Waals surface area contributed by atoms with Crippen LogP contribution in [0.15, 0.2) is 41.7 Å². The average molecular weight is 378 g/mol. The lowest BCUT2D eigenvalue weighted by Gasteiger charge is -2.18. The molecular weight excluding hydrogens is 360 g/mol. The molecule has 9 heteroatoms. The van der Waals surface area contributed by atoms with E-state index in [2.05, 4.69) is 25.4 Å². The van der Waals surface area contributed by atoms with Crippen molar-refractivity contribution >= 4 is 23.5 Å². The van der Waals surface area contributed by atoms with Crippen LogP contribution in [0.5, 0.6) is 0 Å². The predicted molar refractivity (Wildman–Crippen MR) is 102 cm³/mol. The molecule has 142 valence electrons. The van der Waals surface area contributed by atoms with Gasteiger partial charge in [-0.15, -0.1) is 0 Å². The number of nitrogens with zero attached hydrogens (tertiary/aromatic N) is 4. The molecule has 1 atom stereocenters. The first-order chi connectivity index (χ1) is 13.4. The summed E-state index contributed by atoms with van der Waals surface area (Å²) < 4.78 is 1.39. The quantitative estimate of drug-likeness (QED) is 0.646. The lowest BCUT2D eigenvalue weighted by Crippen LogP contribution is -2.34. The zero-order valence-corrected chi connectivity index (χ0v) is 15.3. The highest BCUT2D eigenvalue weighted by Gasteiger charge is 2.25. The van der Waals surface area contributed by atoms with Gasteiger partial charge in [0, 0.05) is 30.3 Å². The summed E-state index contributed by atoms with van der Waals surface area (Å²) in [7, 11) is 1.64. The topological polar surface area (TPSA) is 125 Å². The van der Waals surface area contributed by atoms with Gasteiger partial charge in [0.1, 0.15) is 18.0 Å². The number of H-pyrrole nitrogens is 1. The Hall–Kier alpha value is -3.75. The summed E-state index contributed by atoms with van der Waals surface area (Å²) in [5.74, 6) is 0.0666. The monoisotopic (exact) mass is 378 g/mol. The number of nitrogens with one attached hydrogen (secondary N) is 2. The number of amides is 1. The van der Waals surface area contributed by atoms with Crippen molar-refractivity contribution in [3.05, 3.63) is 53.6 Å². The molecule has 1 amide bonds. The zero-order chi connectivity index (χ0) is 19.8. The minimum atomic E-state index is -0.989. The Morgan fingerprint density at radius 3 is 2.82 bits per heavy atom. The number of hydrogen-bond acceptors (Lipinski definition) is 5. The highest BCUT2D eigenvalue weighted by Crippen LogP contribution is 2.37. The van der Waals surface area contributed by atoms with Crippen molar-refractivity contribution < 1.29 is 14.7 Å². The van der Waals surface area contributed by atoms with E-state index in [1.54, 1.807) is 31.3 Å². The molecule has 0 bridgehead atoms. The molecular formula is C19H18N6O3. The SMILES string of the molecule is CC1CC(NC(=O)c2ncnn2C)=Nc2[nH]c(-c3ccccc3C(=O)O)cc21. The van der Waals surface area contributed by atoms with Crippen LogP contribution < -0.4 is 5.32 Å². The molecule has 4 rings (SSSR count). The summed E-state index contributed by atoms with van der Waals surface area (Å²) in [6, 6.07) is 8.73. The Labute approximate surface area is 160 Å². The van der Waals surface area contributed by atoms with Crippen molar-refractivity contribution in [1.29, 1.82) is 0 Å². The van der Waals surface area contributed by atoms with Gasteiger partial charge in [-0.2, -0.15) is 5.10 Å². The average Bonchev–Trinajstić information content (AvgIpc) is 3.28. The number of carboxylic acid groups (broad SMARTS) is 1. The highest BCUT2D eigenvalue weighted by atomic mass is 16.4. The van der Waals surface area contributed by atoms with Crippen molar-refractivity contribution in [3.8, 4) is 11.3 Å². The number of amidine groups is 1. The molecule has 1 unspecified atom stereocenters. The Morgan fingerprint density at radius 2 is 2.11 bits per heavy atom. The van der Waals surface area contributed by atoms with E-state index in [0.717, 1.165) is 5.56 Å². The molecule has 0 aliphatic carbocycles. The number of rotatable bonds is 3. The van der Waals surface area contributed by atoms with Gasteiger partial charge in [0.15, 0.2) is 0 Å². The van der Waals surface area contributed by atoms with Crippen LogP contribution in [-0.4, -0.2) is 42.6 Å². The van der Waals surface area contributed by atoms with Crippen LogP contribution in [0.1, 0.15) is 45.8 Å². The summed E-state index contributed by atoms with van der Waals surface area (Å²) in [5, 5.41) is 16.1. The minimum Gasteiger partial charge on any atom is -0.478 e. The number of aromatic amines is 1. The molecule has 3 aromatic rings. The maximum Gasteiger partial charge on any atom is 0.336 e. The highest BCUT2D eigenvalue weighted by molar-refractivity contribution is 6.06. The minimum absolute atomic E-state index is 0.101. The van der Waals surface area contributed by atoms with Crippen molar-refractivity contribution in [3.63, 3.8) is 0 Å². The number of benzene rings is 1. The summed E-state index contributed by atoms with van der Waals surface area (Å²) in [5.41, 5.74) is 2.47. The summed E-state index contributed by atoms with van der Waals surface area (Å²) in [4.78, 5) is 35.5. The number of aromatic nitrogens is 4. The van der Waals surface area contributed by atoms with Crippen LogP contribution in [0.2, 0.25) is 0 Å². The smallest absolute Gasteiger partial charge is 0.336 e. The third kappa shape index (κ3) is 3.07. The summed E-state index contributed by atoms with van der Waals surface area (Å²) in [6.07, 6.45) is 1.87. The number of carboxylic acids is 1. The number of aliphatic imine (C=N–C) groups is 1. The molecule has 0 saturated carbocycles. The number of fused-ring (bicyclic) bond motifs is 1. The second-order valence-corrected chi connectivity index (χ2v) is 6.66. The predicted octanol–water partition coefficient (Wildman–Crippen LogP) is 2.48. The van der Waals surface area contributed by atoms with Gasteiger partial charge < -0.3 is 15.4 Å². The van der Waals surface area contributed by atoms with Gasteiger partial charge in [0.05, 0.1) is 5.56 Å². The van der Waals surface area contributed by atoms with Crippen molar-refractivity contribution in [2.24, 2.45) is 12.0 Å². The van der Waals surface area contributed by atoms with Crippen LogP contribution in [0.25, 0.3) is 11.3 Å². The molecule has 1 aliphatic rings. The van der Waals surface area contributed by atoms with Gasteiger partial charge in [0.2, 0.25) is 5.82 Å². The van der Waals surface area contributed by atoms with Crippen molar-refractivity contribution in [2.75, 3.05) is 0 Å². The summed E-state index contributed by atoms with van der Waals surface area (Å²) in [6.45, 7) is 2.03. The number of aryl methyl sites for hydroxylation is 1. The van der Waals surface area contributed by atoms with Gasteiger partial charge >= 0.3 is 5.97 Å². The fraction of sp³-hybridized carbons (Fsp3) is 0.211. The van der Waals surface area contributed by atoms with E-state index in [-0.39, 0.29) is 23.2 Å². The molecule has 3 heterocycles. The Balaban J connectivity index is 1.66. The lowest BCUT2D eigenvalue weighted by molar-refractivity contribution is 0.0697. The van der Waals surface area contributed by atoms with Gasteiger partial charge in [-0.25, -0.2) is 19.5 Å². The summed E-state index contributed by atoms with van der Waals surface area (Å²) >= 11 is 0.